The van der Waals surface area contributed by atoms with Crippen LogP contribution >= 0.6 is 0 Å². The van der Waals surface area contributed by atoms with Crippen LogP contribution in [-0.4, -0.2) is 50.4 Å². The minimum absolute atomic E-state index is 0.0267. The van der Waals surface area contributed by atoms with Crippen LogP contribution in [0.3, 0.4) is 0 Å². The first-order valence-corrected chi connectivity index (χ1v) is 8.59. The van der Waals surface area contributed by atoms with Crippen molar-refractivity contribution >= 4 is 21.9 Å². The van der Waals surface area contributed by atoms with Crippen LogP contribution in [0.5, 0.6) is 0 Å². The van der Waals surface area contributed by atoms with Crippen molar-refractivity contribution in [3.8, 4) is 0 Å². The molecule has 0 radical (unpaired) electrons. The first-order chi connectivity index (χ1) is 10.5. The molecule has 0 aromatic heterocycles. The SMILES string of the molecule is CC(C)C[C@H](NS(=O)(=O)c1ccc(C(=O)N(C)C)cc1)C(=O)O. The lowest BCUT2D eigenvalue weighted by molar-refractivity contribution is -0.139. The van der Waals surface area contributed by atoms with Crippen molar-refractivity contribution in [2.24, 2.45) is 5.92 Å². The number of sulfonamides is 1. The molecular weight excluding hydrogens is 320 g/mol. The van der Waals surface area contributed by atoms with Gasteiger partial charge in [-0.1, -0.05) is 13.8 Å². The van der Waals surface area contributed by atoms with Gasteiger partial charge in [-0.05, 0) is 36.6 Å². The second-order valence-corrected chi connectivity index (χ2v) is 7.58. The van der Waals surface area contributed by atoms with E-state index in [0.29, 0.717) is 5.56 Å². The molecule has 1 amide bonds. The molecule has 0 saturated heterocycles. The number of carboxylic acid groups (broad SMARTS) is 1. The highest BCUT2D eigenvalue weighted by Crippen LogP contribution is 2.14. The molecule has 1 aromatic carbocycles. The number of nitrogens with zero attached hydrogens (tertiary/aromatic N) is 1. The number of benzene rings is 1. The van der Waals surface area contributed by atoms with Crippen LogP contribution in [-0.2, 0) is 14.8 Å². The Kier molecular flexibility index (Phi) is 6.28. The summed E-state index contributed by atoms with van der Waals surface area (Å²) in [5, 5.41) is 9.13. The Labute approximate surface area is 136 Å². The summed E-state index contributed by atoms with van der Waals surface area (Å²) < 4.78 is 26.7. The maximum Gasteiger partial charge on any atom is 0.321 e. The van der Waals surface area contributed by atoms with Crippen molar-refractivity contribution in [1.29, 1.82) is 0 Å². The molecule has 0 saturated carbocycles. The summed E-state index contributed by atoms with van der Waals surface area (Å²) in [5.41, 5.74) is 0.353. The van der Waals surface area contributed by atoms with Gasteiger partial charge in [0.25, 0.3) is 5.91 Å². The van der Waals surface area contributed by atoms with Crippen molar-refractivity contribution in [3.63, 3.8) is 0 Å². The Bertz CT molecular complexity index is 666. The summed E-state index contributed by atoms with van der Waals surface area (Å²) in [4.78, 5) is 24.3. The minimum Gasteiger partial charge on any atom is -0.480 e. The van der Waals surface area contributed by atoms with Gasteiger partial charge < -0.3 is 10.0 Å². The third kappa shape index (κ3) is 5.33. The molecule has 0 fully saturated rings. The number of carbonyl (C=O) groups is 2. The predicted molar refractivity (Wildman–Crippen MR) is 85.7 cm³/mol. The number of rotatable bonds is 7. The zero-order valence-electron chi connectivity index (χ0n) is 13.6. The Morgan fingerprint density at radius 1 is 1.17 bits per heavy atom. The van der Waals surface area contributed by atoms with Gasteiger partial charge in [0, 0.05) is 19.7 Å². The molecule has 8 heteroatoms. The summed E-state index contributed by atoms with van der Waals surface area (Å²) in [5.74, 6) is -1.44. The summed E-state index contributed by atoms with van der Waals surface area (Å²) in [7, 11) is -0.778. The van der Waals surface area contributed by atoms with Crippen molar-refractivity contribution in [1.82, 2.24) is 9.62 Å². The van der Waals surface area contributed by atoms with E-state index < -0.39 is 22.0 Å². The van der Waals surface area contributed by atoms with E-state index in [9.17, 15) is 18.0 Å². The molecule has 0 bridgehead atoms. The average Bonchev–Trinajstić information content (AvgIpc) is 2.45. The van der Waals surface area contributed by atoms with Crippen LogP contribution < -0.4 is 4.72 Å². The van der Waals surface area contributed by atoms with Gasteiger partial charge in [0.1, 0.15) is 6.04 Å². The molecule has 7 nitrogen and oxygen atoms in total. The van der Waals surface area contributed by atoms with Crippen LogP contribution in [0.4, 0.5) is 0 Å². The number of hydrogen-bond acceptors (Lipinski definition) is 4. The number of carbonyl (C=O) groups excluding carboxylic acids is 1. The molecule has 0 aliphatic rings. The summed E-state index contributed by atoms with van der Waals surface area (Å²) >= 11 is 0. The Hall–Kier alpha value is -1.93. The molecule has 0 spiro atoms. The van der Waals surface area contributed by atoms with Gasteiger partial charge in [-0.3, -0.25) is 9.59 Å². The largest absolute Gasteiger partial charge is 0.480 e. The van der Waals surface area contributed by atoms with E-state index in [-0.39, 0.29) is 23.1 Å². The van der Waals surface area contributed by atoms with Gasteiger partial charge in [0.15, 0.2) is 0 Å². The fourth-order valence-corrected chi connectivity index (χ4v) is 3.16. The van der Waals surface area contributed by atoms with Crippen LogP contribution in [0.1, 0.15) is 30.6 Å². The average molecular weight is 342 g/mol. The zero-order valence-corrected chi connectivity index (χ0v) is 14.4. The van der Waals surface area contributed by atoms with E-state index in [0.717, 1.165) is 0 Å². The predicted octanol–water partition coefficient (Wildman–Crippen LogP) is 1.17. The lowest BCUT2D eigenvalue weighted by Gasteiger charge is -2.17. The van der Waals surface area contributed by atoms with E-state index >= 15 is 0 Å². The van der Waals surface area contributed by atoms with Gasteiger partial charge in [0.2, 0.25) is 10.0 Å². The molecule has 1 atom stereocenters. The first-order valence-electron chi connectivity index (χ1n) is 7.11. The fraction of sp³-hybridized carbons (Fsp3) is 0.467. The second-order valence-electron chi connectivity index (χ2n) is 5.87. The number of aliphatic carboxylic acids is 1. The van der Waals surface area contributed by atoms with Crippen LogP contribution in [0.2, 0.25) is 0 Å². The maximum absolute atomic E-state index is 12.3. The lowest BCUT2D eigenvalue weighted by atomic mass is 10.1. The topological polar surface area (TPSA) is 104 Å². The molecule has 0 heterocycles. The van der Waals surface area contributed by atoms with E-state index in [1.165, 1.54) is 29.2 Å². The Morgan fingerprint density at radius 2 is 1.70 bits per heavy atom. The number of hydrogen-bond donors (Lipinski definition) is 2. The van der Waals surface area contributed by atoms with Gasteiger partial charge in [-0.25, -0.2) is 8.42 Å². The highest BCUT2D eigenvalue weighted by molar-refractivity contribution is 7.89. The van der Waals surface area contributed by atoms with Crippen molar-refractivity contribution in [3.05, 3.63) is 29.8 Å². The molecule has 2 N–H and O–H groups in total. The maximum atomic E-state index is 12.3. The summed E-state index contributed by atoms with van der Waals surface area (Å²) in [6.45, 7) is 3.62. The molecule has 1 rings (SSSR count). The third-order valence-electron chi connectivity index (χ3n) is 3.12. The monoisotopic (exact) mass is 342 g/mol. The van der Waals surface area contributed by atoms with E-state index in [1.807, 2.05) is 13.8 Å². The number of amides is 1. The van der Waals surface area contributed by atoms with Gasteiger partial charge in [0.05, 0.1) is 4.90 Å². The first kappa shape index (κ1) is 19.1. The summed E-state index contributed by atoms with van der Waals surface area (Å²) in [6, 6.07) is 4.17. The molecule has 128 valence electrons. The molecule has 1 aromatic rings. The Morgan fingerprint density at radius 3 is 2.09 bits per heavy atom. The standard InChI is InChI=1S/C15H22N2O5S/c1-10(2)9-13(15(19)20)16-23(21,22)12-7-5-11(6-8-12)14(18)17(3)4/h5-8,10,13,16H,9H2,1-4H3,(H,19,20)/t13-/m0/s1. The third-order valence-corrected chi connectivity index (χ3v) is 4.61. The molecule has 0 aliphatic heterocycles. The smallest absolute Gasteiger partial charge is 0.321 e. The highest BCUT2D eigenvalue weighted by atomic mass is 32.2. The molecule has 0 aliphatic carbocycles. The van der Waals surface area contributed by atoms with Gasteiger partial charge >= 0.3 is 5.97 Å². The van der Waals surface area contributed by atoms with E-state index in [1.54, 1.807) is 14.1 Å². The number of nitrogens with one attached hydrogen (secondary N) is 1. The molecular formula is C15H22N2O5S. The molecule has 23 heavy (non-hydrogen) atoms. The van der Waals surface area contributed by atoms with Crippen molar-refractivity contribution < 1.29 is 23.1 Å². The van der Waals surface area contributed by atoms with Gasteiger partial charge in [-0.15, -0.1) is 0 Å². The summed E-state index contributed by atoms with van der Waals surface area (Å²) in [6.07, 6.45) is 0.186. The zero-order chi connectivity index (χ0) is 17.8. The van der Waals surface area contributed by atoms with Gasteiger partial charge in [-0.2, -0.15) is 4.72 Å². The second kappa shape index (κ2) is 7.56. The van der Waals surface area contributed by atoms with Crippen LogP contribution in [0.25, 0.3) is 0 Å². The van der Waals surface area contributed by atoms with E-state index in [4.69, 9.17) is 5.11 Å². The quantitative estimate of drug-likeness (QED) is 0.774. The number of carboxylic acids is 1. The Balaban J connectivity index is 2.99. The fourth-order valence-electron chi connectivity index (χ4n) is 1.96. The lowest BCUT2D eigenvalue weighted by Crippen LogP contribution is -2.41. The minimum atomic E-state index is -3.97. The van der Waals surface area contributed by atoms with Crippen LogP contribution in [0.15, 0.2) is 29.2 Å². The normalized spacial score (nSPS) is 12.9. The van der Waals surface area contributed by atoms with E-state index in [2.05, 4.69) is 4.72 Å². The van der Waals surface area contributed by atoms with Crippen molar-refractivity contribution in [2.75, 3.05) is 14.1 Å². The highest BCUT2D eigenvalue weighted by Gasteiger charge is 2.26. The van der Waals surface area contributed by atoms with Crippen LogP contribution in [0, 0.1) is 5.92 Å². The van der Waals surface area contributed by atoms with Crippen molar-refractivity contribution in [2.45, 2.75) is 31.2 Å². The molecule has 0 unspecified atom stereocenters.